The van der Waals surface area contributed by atoms with Crippen molar-refractivity contribution in [3.8, 4) is 5.75 Å². The van der Waals surface area contributed by atoms with Gasteiger partial charge in [-0.15, -0.1) is 0 Å². The van der Waals surface area contributed by atoms with Crippen LogP contribution in [-0.2, 0) is 0 Å². The highest BCUT2D eigenvalue weighted by molar-refractivity contribution is 6.32. The molecule has 2 nitrogen and oxygen atoms in total. The molecule has 1 atom stereocenters. The second-order valence-corrected chi connectivity index (χ2v) is 4.94. The van der Waals surface area contributed by atoms with Crippen LogP contribution in [0.2, 0.25) is 5.02 Å². The van der Waals surface area contributed by atoms with E-state index in [-0.39, 0.29) is 12.5 Å². The van der Waals surface area contributed by atoms with E-state index in [0.717, 1.165) is 5.56 Å². The van der Waals surface area contributed by atoms with E-state index in [4.69, 9.17) is 16.3 Å². The van der Waals surface area contributed by atoms with E-state index < -0.39 is 0 Å². The van der Waals surface area contributed by atoms with Crippen molar-refractivity contribution in [1.82, 2.24) is 0 Å². The Morgan fingerprint density at radius 3 is 2.42 bits per heavy atom. The molecule has 1 N–H and O–H groups in total. The quantitative estimate of drug-likeness (QED) is 0.900. The molecule has 0 aliphatic heterocycles. The molecule has 0 amide bonds. The number of halogens is 1. The molecule has 2 aromatic carbocycles. The van der Waals surface area contributed by atoms with Crippen molar-refractivity contribution in [1.29, 1.82) is 0 Å². The Morgan fingerprint density at radius 1 is 1.11 bits per heavy atom. The predicted molar refractivity (Wildman–Crippen MR) is 78.0 cm³/mol. The van der Waals surface area contributed by atoms with Gasteiger partial charge in [0.15, 0.2) is 0 Å². The number of aliphatic hydroxyl groups excluding tert-OH is 1. The van der Waals surface area contributed by atoms with Gasteiger partial charge in [-0.3, -0.25) is 0 Å². The van der Waals surface area contributed by atoms with Gasteiger partial charge in [-0.05, 0) is 24.6 Å². The lowest BCUT2D eigenvalue weighted by Crippen LogP contribution is -2.14. The van der Waals surface area contributed by atoms with Crippen LogP contribution < -0.4 is 4.74 Å². The first kappa shape index (κ1) is 13.9. The summed E-state index contributed by atoms with van der Waals surface area (Å²) in [7, 11) is 0. The van der Waals surface area contributed by atoms with Crippen LogP contribution in [0.25, 0.3) is 0 Å². The molecule has 100 valence electrons. The maximum Gasteiger partial charge on any atom is 0.137 e. The molecule has 0 aromatic heterocycles. The minimum Gasteiger partial charge on any atom is -0.491 e. The minimum atomic E-state index is -0.0446. The lowest BCUT2D eigenvalue weighted by Gasteiger charge is -2.16. The lowest BCUT2D eigenvalue weighted by molar-refractivity contribution is 0.205. The summed E-state index contributed by atoms with van der Waals surface area (Å²) < 4.78 is 5.68. The summed E-state index contributed by atoms with van der Waals surface area (Å²) in [6.45, 7) is 2.49. The molecular weight excluding hydrogens is 260 g/mol. The third-order valence-electron chi connectivity index (χ3n) is 3.05. The van der Waals surface area contributed by atoms with Crippen LogP contribution in [-0.4, -0.2) is 18.3 Å². The maximum absolute atomic E-state index is 9.48. The summed E-state index contributed by atoms with van der Waals surface area (Å²) in [5.74, 6) is 0.603. The van der Waals surface area contributed by atoms with Crippen LogP contribution in [0, 0.1) is 6.92 Å². The van der Waals surface area contributed by atoms with Gasteiger partial charge in [-0.25, -0.2) is 0 Å². The van der Waals surface area contributed by atoms with Crippen LogP contribution in [0.1, 0.15) is 17.0 Å². The van der Waals surface area contributed by atoms with Gasteiger partial charge in [0, 0.05) is 5.92 Å². The average Bonchev–Trinajstić information content (AvgIpc) is 2.43. The average molecular weight is 277 g/mol. The van der Waals surface area contributed by atoms with Gasteiger partial charge in [-0.1, -0.05) is 53.6 Å². The highest BCUT2D eigenvalue weighted by Crippen LogP contribution is 2.25. The van der Waals surface area contributed by atoms with Gasteiger partial charge in [0.1, 0.15) is 5.75 Å². The van der Waals surface area contributed by atoms with E-state index in [1.54, 1.807) is 6.07 Å². The Morgan fingerprint density at radius 2 is 1.79 bits per heavy atom. The maximum atomic E-state index is 9.48. The highest BCUT2D eigenvalue weighted by atomic mass is 35.5. The molecule has 0 saturated carbocycles. The summed E-state index contributed by atoms with van der Waals surface area (Å²) in [5.41, 5.74) is 2.27. The Kier molecular flexibility index (Phi) is 4.83. The van der Waals surface area contributed by atoms with Crippen molar-refractivity contribution in [2.24, 2.45) is 0 Å². The van der Waals surface area contributed by atoms with Crippen LogP contribution in [0.4, 0.5) is 0 Å². The van der Waals surface area contributed by atoms with E-state index in [9.17, 15) is 5.11 Å². The largest absolute Gasteiger partial charge is 0.491 e. The van der Waals surface area contributed by atoms with Gasteiger partial charge in [0.25, 0.3) is 0 Å². The van der Waals surface area contributed by atoms with Crippen LogP contribution in [0.5, 0.6) is 5.75 Å². The Hall–Kier alpha value is -1.51. The molecule has 0 saturated heterocycles. The van der Waals surface area contributed by atoms with Crippen molar-refractivity contribution >= 4 is 11.6 Å². The van der Waals surface area contributed by atoms with Gasteiger partial charge >= 0.3 is 0 Å². The zero-order chi connectivity index (χ0) is 13.7. The first-order valence-corrected chi connectivity index (χ1v) is 6.63. The molecule has 2 rings (SSSR count). The lowest BCUT2D eigenvalue weighted by atomic mass is 10.00. The van der Waals surface area contributed by atoms with Crippen LogP contribution >= 0.6 is 11.6 Å². The third kappa shape index (κ3) is 3.72. The van der Waals surface area contributed by atoms with Crippen molar-refractivity contribution in [2.75, 3.05) is 13.2 Å². The number of hydrogen-bond acceptors (Lipinski definition) is 2. The molecule has 1 unspecified atom stereocenters. The second kappa shape index (κ2) is 6.60. The Balaban J connectivity index is 2.04. The molecule has 19 heavy (non-hydrogen) atoms. The topological polar surface area (TPSA) is 29.5 Å². The fraction of sp³-hybridized carbons (Fsp3) is 0.250. The summed E-state index contributed by atoms with van der Waals surface area (Å²) >= 11 is 6.03. The zero-order valence-electron chi connectivity index (χ0n) is 10.8. The van der Waals surface area contributed by atoms with E-state index in [1.807, 2.05) is 49.4 Å². The Bertz CT molecular complexity index is 523. The first-order valence-electron chi connectivity index (χ1n) is 6.25. The van der Waals surface area contributed by atoms with Crippen molar-refractivity contribution < 1.29 is 9.84 Å². The number of para-hydroxylation sites is 1. The van der Waals surface area contributed by atoms with Crippen molar-refractivity contribution in [3.63, 3.8) is 0 Å². The van der Waals surface area contributed by atoms with Gasteiger partial charge in [0.05, 0.1) is 18.2 Å². The van der Waals surface area contributed by atoms with E-state index in [0.29, 0.717) is 17.4 Å². The molecule has 0 aliphatic carbocycles. The zero-order valence-corrected chi connectivity index (χ0v) is 11.6. The van der Waals surface area contributed by atoms with E-state index >= 15 is 0 Å². The number of ether oxygens (including phenoxy) is 1. The normalized spacial score (nSPS) is 12.2. The highest BCUT2D eigenvalue weighted by Gasteiger charge is 2.12. The number of benzene rings is 2. The first-order chi connectivity index (χ1) is 9.20. The van der Waals surface area contributed by atoms with Gasteiger partial charge < -0.3 is 9.84 Å². The molecule has 0 bridgehead atoms. The monoisotopic (exact) mass is 276 g/mol. The second-order valence-electron chi connectivity index (χ2n) is 4.53. The fourth-order valence-electron chi connectivity index (χ4n) is 1.85. The summed E-state index contributed by atoms with van der Waals surface area (Å²) in [5, 5.41) is 10.1. The van der Waals surface area contributed by atoms with Gasteiger partial charge in [-0.2, -0.15) is 0 Å². The van der Waals surface area contributed by atoms with Crippen molar-refractivity contribution in [2.45, 2.75) is 12.8 Å². The molecule has 0 heterocycles. The molecule has 2 aromatic rings. The number of aryl methyl sites for hydroxylation is 1. The minimum absolute atomic E-state index is 0.0446. The molecule has 0 aliphatic rings. The van der Waals surface area contributed by atoms with Gasteiger partial charge in [0.2, 0.25) is 0 Å². The molecule has 0 radical (unpaired) electrons. The summed E-state index contributed by atoms with van der Waals surface area (Å²) in [6, 6.07) is 15.5. The van der Waals surface area contributed by atoms with E-state index in [2.05, 4.69) is 0 Å². The van der Waals surface area contributed by atoms with Crippen LogP contribution in [0.15, 0.2) is 48.5 Å². The fourth-order valence-corrected chi connectivity index (χ4v) is 2.04. The standard InChI is InChI=1S/C16H17ClO2/c1-12-6-8-13(9-7-12)14(10-18)11-19-16-5-3-2-4-15(16)17/h2-9,14,18H,10-11H2,1H3. The number of aliphatic hydroxyl groups is 1. The van der Waals surface area contributed by atoms with E-state index in [1.165, 1.54) is 5.56 Å². The summed E-state index contributed by atoms with van der Waals surface area (Å²) in [4.78, 5) is 0. The smallest absolute Gasteiger partial charge is 0.137 e. The van der Waals surface area contributed by atoms with Crippen LogP contribution in [0.3, 0.4) is 0 Å². The Labute approximate surface area is 118 Å². The molecule has 0 spiro atoms. The third-order valence-corrected chi connectivity index (χ3v) is 3.36. The molecular formula is C16H17ClO2. The molecule has 3 heteroatoms. The SMILES string of the molecule is Cc1ccc(C(CO)COc2ccccc2Cl)cc1. The number of rotatable bonds is 5. The molecule has 0 fully saturated rings. The van der Waals surface area contributed by atoms with Crippen molar-refractivity contribution in [3.05, 3.63) is 64.7 Å². The summed E-state index contributed by atoms with van der Waals surface area (Å²) in [6.07, 6.45) is 0. The number of hydrogen-bond donors (Lipinski definition) is 1. The predicted octanol–water partition coefficient (Wildman–Crippen LogP) is 3.80.